The van der Waals surface area contributed by atoms with Gasteiger partial charge in [-0.25, -0.2) is 0 Å². The Morgan fingerprint density at radius 2 is 2.27 bits per heavy atom. The molecule has 136 valence electrons. The van der Waals surface area contributed by atoms with E-state index in [0.29, 0.717) is 12.8 Å². The number of hydrogen-bond donors (Lipinski definition) is 3. The summed E-state index contributed by atoms with van der Waals surface area (Å²) in [5, 5.41) is 22.1. The molecule has 3 heterocycles. The van der Waals surface area contributed by atoms with Gasteiger partial charge in [-0.1, -0.05) is 18.2 Å². The van der Waals surface area contributed by atoms with Crippen LogP contribution < -0.4 is 10.6 Å². The Bertz CT molecular complexity index is 861. The summed E-state index contributed by atoms with van der Waals surface area (Å²) in [6, 6.07) is 12.1. The topological polar surface area (TPSA) is 79.2 Å². The van der Waals surface area contributed by atoms with E-state index in [4.69, 9.17) is 0 Å². The number of aryl methyl sites for hydroxylation is 1. The fraction of sp³-hybridized carbons (Fsp3) is 0.368. The molecule has 1 aliphatic rings. The summed E-state index contributed by atoms with van der Waals surface area (Å²) in [6.07, 6.45) is 0.315. The second kappa shape index (κ2) is 7.57. The molecule has 0 saturated carbocycles. The molecule has 0 unspecified atom stereocenters. The number of benzene rings is 1. The predicted molar refractivity (Wildman–Crippen MR) is 102 cm³/mol. The van der Waals surface area contributed by atoms with Gasteiger partial charge >= 0.3 is 0 Å². The maximum atomic E-state index is 12.1. The van der Waals surface area contributed by atoms with E-state index < -0.39 is 6.10 Å². The van der Waals surface area contributed by atoms with Gasteiger partial charge in [-0.2, -0.15) is 5.10 Å². The van der Waals surface area contributed by atoms with Crippen LogP contribution in [0.1, 0.15) is 28.8 Å². The third-order valence-electron chi connectivity index (χ3n) is 4.59. The standard InChI is InChI=1S/C19H22N4O2S/c24-16(18-9-13-3-1-2-4-17(13)26-18)12-21-19(25)6-5-14-10-15-11-20-7-8-23(15)22-14/h1-4,9-10,16,20,24H,5-8,11-12H2,(H,21,25)/t16-/m1/s1. The van der Waals surface area contributed by atoms with Crippen LogP contribution in [0.3, 0.4) is 0 Å². The maximum Gasteiger partial charge on any atom is 0.220 e. The van der Waals surface area contributed by atoms with Gasteiger partial charge in [-0.15, -0.1) is 11.3 Å². The Kier molecular flexibility index (Phi) is 5.01. The van der Waals surface area contributed by atoms with E-state index in [2.05, 4.69) is 21.8 Å². The van der Waals surface area contributed by atoms with Crippen molar-refractivity contribution in [3.05, 3.63) is 52.7 Å². The molecule has 7 heteroatoms. The number of carbonyl (C=O) groups is 1. The minimum Gasteiger partial charge on any atom is -0.386 e. The molecule has 2 aromatic heterocycles. The molecule has 0 radical (unpaired) electrons. The summed E-state index contributed by atoms with van der Waals surface area (Å²) in [5.41, 5.74) is 2.12. The highest BCUT2D eigenvalue weighted by molar-refractivity contribution is 7.19. The molecule has 3 N–H and O–H groups in total. The Hall–Kier alpha value is -2.22. The van der Waals surface area contributed by atoms with E-state index in [9.17, 15) is 9.90 Å². The lowest BCUT2D eigenvalue weighted by Gasteiger charge is -2.13. The quantitative estimate of drug-likeness (QED) is 0.620. The SMILES string of the molecule is O=C(CCc1cc2n(n1)CCNC2)NC[C@@H](O)c1cc2ccccc2s1. The lowest BCUT2D eigenvalue weighted by atomic mass is 10.2. The molecule has 1 aliphatic heterocycles. The summed E-state index contributed by atoms with van der Waals surface area (Å²) < 4.78 is 3.15. The highest BCUT2D eigenvalue weighted by Crippen LogP contribution is 2.29. The van der Waals surface area contributed by atoms with Gasteiger partial charge in [0.2, 0.25) is 5.91 Å². The molecule has 0 bridgehead atoms. The van der Waals surface area contributed by atoms with Gasteiger partial charge in [0.1, 0.15) is 6.10 Å². The van der Waals surface area contributed by atoms with Gasteiger partial charge in [-0.05, 0) is 23.6 Å². The Morgan fingerprint density at radius 3 is 3.12 bits per heavy atom. The van der Waals surface area contributed by atoms with Crippen LogP contribution in [0.4, 0.5) is 0 Å². The molecule has 4 rings (SSSR count). The van der Waals surface area contributed by atoms with Crippen molar-refractivity contribution in [2.75, 3.05) is 13.1 Å². The van der Waals surface area contributed by atoms with Crippen LogP contribution in [-0.4, -0.2) is 33.9 Å². The number of rotatable bonds is 6. The predicted octanol–water partition coefficient (Wildman–Crippen LogP) is 1.98. The van der Waals surface area contributed by atoms with E-state index in [1.165, 1.54) is 5.69 Å². The maximum absolute atomic E-state index is 12.1. The molecular formula is C19H22N4O2S. The third kappa shape index (κ3) is 3.80. The first kappa shape index (κ1) is 17.2. The van der Waals surface area contributed by atoms with Crippen molar-refractivity contribution in [2.24, 2.45) is 0 Å². The van der Waals surface area contributed by atoms with E-state index in [-0.39, 0.29) is 12.5 Å². The number of aliphatic hydroxyl groups excluding tert-OH is 1. The number of nitrogens with zero attached hydrogens (tertiary/aromatic N) is 2. The molecule has 1 amide bonds. The summed E-state index contributed by atoms with van der Waals surface area (Å²) in [4.78, 5) is 13.0. The number of thiophene rings is 1. The van der Waals surface area contributed by atoms with Crippen LogP contribution in [-0.2, 0) is 24.3 Å². The van der Waals surface area contributed by atoms with Gasteiger partial charge in [0.05, 0.1) is 17.9 Å². The smallest absolute Gasteiger partial charge is 0.220 e. The van der Waals surface area contributed by atoms with Crippen LogP contribution in [0.5, 0.6) is 0 Å². The molecule has 26 heavy (non-hydrogen) atoms. The fourth-order valence-electron chi connectivity index (χ4n) is 3.18. The lowest BCUT2D eigenvalue weighted by Crippen LogP contribution is -2.28. The van der Waals surface area contributed by atoms with Gasteiger partial charge in [-0.3, -0.25) is 9.48 Å². The molecule has 0 fully saturated rings. The van der Waals surface area contributed by atoms with Crippen molar-refractivity contribution in [1.82, 2.24) is 20.4 Å². The van der Waals surface area contributed by atoms with E-state index >= 15 is 0 Å². The van der Waals surface area contributed by atoms with Crippen molar-refractivity contribution in [3.8, 4) is 0 Å². The molecule has 0 saturated heterocycles. The zero-order chi connectivity index (χ0) is 17.9. The summed E-state index contributed by atoms with van der Waals surface area (Å²) in [7, 11) is 0. The number of amides is 1. The average Bonchev–Trinajstić information content (AvgIpc) is 3.27. The number of nitrogens with one attached hydrogen (secondary N) is 2. The number of aromatic nitrogens is 2. The number of carbonyl (C=O) groups excluding carboxylic acids is 1. The summed E-state index contributed by atoms with van der Waals surface area (Å²) in [5.74, 6) is -0.0609. The number of hydrogen-bond acceptors (Lipinski definition) is 5. The zero-order valence-corrected chi connectivity index (χ0v) is 15.3. The van der Waals surface area contributed by atoms with Crippen LogP contribution >= 0.6 is 11.3 Å². The highest BCUT2D eigenvalue weighted by Gasteiger charge is 2.15. The van der Waals surface area contributed by atoms with Crippen LogP contribution in [0, 0.1) is 0 Å². The second-order valence-electron chi connectivity index (χ2n) is 6.53. The van der Waals surface area contributed by atoms with Crippen LogP contribution in [0.25, 0.3) is 10.1 Å². The molecule has 0 spiro atoms. The molecule has 6 nitrogen and oxygen atoms in total. The monoisotopic (exact) mass is 370 g/mol. The number of fused-ring (bicyclic) bond motifs is 2. The average molecular weight is 370 g/mol. The van der Waals surface area contributed by atoms with Crippen molar-refractivity contribution >= 4 is 27.3 Å². The first-order valence-corrected chi connectivity index (χ1v) is 9.70. The minimum absolute atomic E-state index is 0.0609. The fourth-order valence-corrected chi connectivity index (χ4v) is 4.23. The minimum atomic E-state index is -0.678. The zero-order valence-electron chi connectivity index (χ0n) is 14.4. The van der Waals surface area contributed by atoms with Crippen molar-refractivity contribution < 1.29 is 9.90 Å². The third-order valence-corrected chi connectivity index (χ3v) is 5.81. The van der Waals surface area contributed by atoms with Crippen molar-refractivity contribution in [2.45, 2.75) is 32.0 Å². The van der Waals surface area contributed by atoms with E-state index in [0.717, 1.165) is 40.3 Å². The molecule has 1 atom stereocenters. The number of aliphatic hydroxyl groups is 1. The molecular weight excluding hydrogens is 348 g/mol. The van der Waals surface area contributed by atoms with E-state index in [1.54, 1.807) is 11.3 Å². The van der Waals surface area contributed by atoms with Crippen LogP contribution in [0.15, 0.2) is 36.4 Å². The molecule has 3 aromatic rings. The lowest BCUT2D eigenvalue weighted by molar-refractivity contribution is -0.121. The van der Waals surface area contributed by atoms with Crippen molar-refractivity contribution in [3.63, 3.8) is 0 Å². The van der Waals surface area contributed by atoms with Gasteiger partial charge in [0.25, 0.3) is 0 Å². The molecule has 1 aromatic carbocycles. The van der Waals surface area contributed by atoms with E-state index in [1.807, 2.05) is 35.0 Å². The van der Waals surface area contributed by atoms with Gasteiger partial charge in [0.15, 0.2) is 0 Å². The second-order valence-corrected chi connectivity index (χ2v) is 7.65. The normalized spacial score (nSPS) is 15.0. The van der Waals surface area contributed by atoms with Crippen LogP contribution in [0.2, 0.25) is 0 Å². The highest BCUT2D eigenvalue weighted by atomic mass is 32.1. The van der Waals surface area contributed by atoms with Crippen molar-refractivity contribution in [1.29, 1.82) is 0 Å². The first-order valence-electron chi connectivity index (χ1n) is 8.88. The summed E-state index contributed by atoms with van der Waals surface area (Å²) in [6.45, 7) is 2.88. The Morgan fingerprint density at radius 1 is 1.38 bits per heavy atom. The van der Waals surface area contributed by atoms with Gasteiger partial charge < -0.3 is 15.7 Å². The molecule has 0 aliphatic carbocycles. The Balaban J connectivity index is 1.27. The first-order chi connectivity index (χ1) is 12.7. The Labute approximate surface area is 155 Å². The van der Waals surface area contributed by atoms with Gasteiger partial charge in [0, 0.05) is 42.1 Å². The summed E-state index contributed by atoms with van der Waals surface area (Å²) >= 11 is 1.56. The largest absolute Gasteiger partial charge is 0.386 e.